The van der Waals surface area contributed by atoms with E-state index in [1.807, 2.05) is 0 Å². The highest BCUT2D eigenvalue weighted by Gasteiger charge is 2.34. The van der Waals surface area contributed by atoms with Gasteiger partial charge in [-0.1, -0.05) is 29.0 Å². The van der Waals surface area contributed by atoms with E-state index in [0.29, 0.717) is 19.4 Å². The quantitative estimate of drug-likeness (QED) is 0.457. The Hall–Kier alpha value is 0.150. The number of halogens is 1. The molecule has 0 aromatic carbocycles. The number of carbonyl (C=O) groups is 1. The Balaban J connectivity index is 2.40. The molecule has 1 fully saturated rings. The normalized spacial score (nSPS) is 23.9. The van der Waals surface area contributed by atoms with Crippen LogP contribution < -0.4 is 5.32 Å². The number of hydrogen-bond donors (Lipinski definition) is 1. The van der Waals surface area contributed by atoms with E-state index in [2.05, 4.69) is 27.9 Å². The first-order chi connectivity index (χ1) is 7.58. The second-order valence-corrected chi connectivity index (χ2v) is 7.42. The molecule has 1 unspecified atom stereocenters. The Morgan fingerprint density at radius 1 is 1.31 bits per heavy atom. The summed E-state index contributed by atoms with van der Waals surface area (Å²) in [5, 5.41) is 1.93. The number of carbonyl (C=O) groups excluding carboxylic acids is 1. The van der Waals surface area contributed by atoms with Crippen LogP contribution in [-0.2, 0) is 14.6 Å². The predicted molar refractivity (Wildman–Crippen MR) is 72.6 cm³/mol. The molecule has 1 atom stereocenters. The second kappa shape index (κ2) is 6.78. The van der Waals surface area contributed by atoms with Crippen molar-refractivity contribution in [1.82, 2.24) is 5.32 Å². The standard InChI is InChI=1S/C10H18INO3S/c11-6-2-3-7-12-10(13)9-5-1-4-8-16(9,14)15/h9H,1-8H2,(H,12,13). The highest BCUT2D eigenvalue weighted by Crippen LogP contribution is 2.19. The van der Waals surface area contributed by atoms with Gasteiger partial charge in [0.05, 0.1) is 5.75 Å². The molecule has 0 aliphatic carbocycles. The fourth-order valence-corrected chi connectivity index (χ4v) is 4.16. The van der Waals surface area contributed by atoms with Gasteiger partial charge in [-0.2, -0.15) is 0 Å². The summed E-state index contributed by atoms with van der Waals surface area (Å²) < 4.78 is 24.4. The molecule has 1 aliphatic rings. The van der Waals surface area contributed by atoms with E-state index in [-0.39, 0.29) is 11.7 Å². The largest absolute Gasteiger partial charge is 0.355 e. The minimum atomic E-state index is -3.18. The van der Waals surface area contributed by atoms with Gasteiger partial charge in [-0.05, 0) is 30.1 Å². The van der Waals surface area contributed by atoms with Gasteiger partial charge >= 0.3 is 0 Å². The molecule has 6 heteroatoms. The van der Waals surface area contributed by atoms with Crippen LogP contribution in [0.2, 0.25) is 0 Å². The molecule has 16 heavy (non-hydrogen) atoms. The molecule has 1 saturated heterocycles. The van der Waals surface area contributed by atoms with Crippen LogP contribution in [0.25, 0.3) is 0 Å². The summed E-state index contributed by atoms with van der Waals surface area (Å²) in [4.78, 5) is 11.7. The summed E-state index contributed by atoms with van der Waals surface area (Å²) in [7, 11) is -3.18. The monoisotopic (exact) mass is 359 g/mol. The molecule has 0 aromatic heterocycles. The molecule has 94 valence electrons. The summed E-state index contributed by atoms with van der Waals surface area (Å²) >= 11 is 2.28. The highest BCUT2D eigenvalue weighted by molar-refractivity contribution is 14.1. The average Bonchev–Trinajstić information content (AvgIpc) is 2.23. The third-order valence-electron chi connectivity index (χ3n) is 2.73. The highest BCUT2D eigenvalue weighted by atomic mass is 127. The number of alkyl halides is 1. The zero-order valence-corrected chi connectivity index (χ0v) is 12.2. The lowest BCUT2D eigenvalue weighted by Crippen LogP contribution is -2.43. The molecule has 0 saturated carbocycles. The Kier molecular flexibility index (Phi) is 6.02. The van der Waals surface area contributed by atoms with Gasteiger partial charge in [0.2, 0.25) is 5.91 Å². The van der Waals surface area contributed by atoms with E-state index in [1.54, 1.807) is 0 Å². The summed E-state index contributed by atoms with van der Waals surface area (Å²) in [6, 6.07) is 0. The predicted octanol–water partition coefficient (Wildman–Crippen LogP) is 1.29. The molecule has 1 N–H and O–H groups in total. The zero-order chi connectivity index (χ0) is 12.0. The fraction of sp³-hybridized carbons (Fsp3) is 0.900. The van der Waals surface area contributed by atoms with Gasteiger partial charge in [-0.15, -0.1) is 0 Å². The van der Waals surface area contributed by atoms with E-state index in [1.165, 1.54) is 0 Å². The fourth-order valence-electron chi connectivity index (χ4n) is 1.79. The first-order valence-corrected chi connectivity index (χ1v) is 8.87. The van der Waals surface area contributed by atoms with Crippen molar-refractivity contribution in [2.24, 2.45) is 0 Å². The molecule has 1 aliphatic heterocycles. The zero-order valence-electron chi connectivity index (χ0n) is 9.25. The van der Waals surface area contributed by atoms with Crippen LogP contribution in [0.1, 0.15) is 32.1 Å². The Bertz CT molecular complexity index is 329. The van der Waals surface area contributed by atoms with E-state index < -0.39 is 15.1 Å². The van der Waals surface area contributed by atoms with Crippen LogP contribution in [0.15, 0.2) is 0 Å². The van der Waals surface area contributed by atoms with Gasteiger partial charge < -0.3 is 5.32 Å². The van der Waals surface area contributed by atoms with E-state index in [9.17, 15) is 13.2 Å². The lowest BCUT2D eigenvalue weighted by Gasteiger charge is -2.21. The molecule has 0 aromatic rings. The lowest BCUT2D eigenvalue weighted by molar-refractivity contribution is -0.120. The smallest absolute Gasteiger partial charge is 0.238 e. The second-order valence-electron chi connectivity index (χ2n) is 4.04. The van der Waals surface area contributed by atoms with Crippen molar-refractivity contribution in [3.05, 3.63) is 0 Å². The summed E-state index contributed by atoms with van der Waals surface area (Å²) in [5.41, 5.74) is 0. The Morgan fingerprint density at radius 3 is 2.69 bits per heavy atom. The molecule has 0 spiro atoms. The van der Waals surface area contributed by atoms with E-state index in [4.69, 9.17) is 0 Å². The van der Waals surface area contributed by atoms with Gasteiger partial charge in [-0.3, -0.25) is 4.79 Å². The van der Waals surface area contributed by atoms with Gasteiger partial charge in [0.15, 0.2) is 9.84 Å². The number of amides is 1. The van der Waals surface area contributed by atoms with Crippen LogP contribution in [0, 0.1) is 0 Å². The van der Waals surface area contributed by atoms with E-state index >= 15 is 0 Å². The van der Waals surface area contributed by atoms with E-state index in [0.717, 1.165) is 23.7 Å². The molecule has 0 radical (unpaired) electrons. The van der Waals surface area contributed by atoms with Crippen molar-refractivity contribution in [2.45, 2.75) is 37.4 Å². The Morgan fingerprint density at radius 2 is 2.06 bits per heavy atom. The van der Waals surface area contributed by atoms with Crippen molar-refractivity contribution in [1.29, 1.82) is 0 Å². The number of rotatable bonds is 5. The van der Waals surface area contributed by atoms with Gasteiger partial charge in [0.25, 0.3) is 0 Å². The molecule has 4 nitrogen and oxygen atoms in total. The van der Waals surface area contributed by atoms with Crippen LogP contribution in [0.4, 0.5) is 0 Å². The van der Waals surface area contributed by atoms with Crippen molar-refractivity contribution in [3.63, 3.8) is 0 Å². The average molecular weight is 359 g/mol. The van der Waals surface area contributed by atoms with Gasteiger partial charge in [0, 0.05) is 6.54 Å². The van der Waals surface area contributed by atoms with Gasteiger partial charge in [0.1, 0.15) is 5.25 Å². The van der Waals surface area contributed by atoms with Gasteiger partial charge in [-0.25, -0.2) is 8.42 Å². The summed E-state index contributed by atoms with van der Waals surface area (Å²) in [6.45, 7) is 0.591. The number of unbranched alkanes of at least 4 members (excludes halogenated alkanes) is 1. The first-order valence-electron chi connectivity index (χ1n) is 5.63. The topological polar surface area (TPSA) is 63.2 Å². The Labute approximate surface area is 111 Å². The van der Waals surface area contributed by atoms with Crippen molar-refractivity contribution < 1.29 is 13.2 Å². The molecular formula is C10H18INO3S. The number of sulfone groups is 1. The molecule has 1 rings (SSSR count). The molecule has 1 heterocycles. The molecule has 1 amide bonds. The maximum atomic E-state index is 11.7. The van der Waals surface area contributed by atoms with Crippen LogP contribution in [0.3, 0.4) is 0 Å². The number of hydrogen-bond acceptors (Lipinski definition) is 3. The summed E-state index contributed by atoms with van der Waals surface area (Å²) in [6.07, 6.45) is 3.99. The third-order valence-corrected chi connectivity index (χ3v) is 5.67. The lowest BCUT2D eigenvalue weighted by atomic mass is 10.2. The maximum Gasteiger partial charge on any atom is 0.238 e. The SMILES string of the molecule is O=C(NCCCCI)C1CCCCS1(=O)=O. The van der Waals surface area contributed by atoms with Crippen molar-refractivity contribution in [2.75, 3.05) is 16.7 Å². The van der Waals surface area contributed by atoms with Crippen molar-refractivity contribution >= 4 is 38.3 Å². The minimum Gasteiger partial charge on any atom is -0.355 e. The summed E-state index contributed by atoms with van der Waals surface area (Å²) in [5.74, 6) is -0.132. The van der Waals surface area contributed by atoms with Crippen LogP contribution in [-0.4, -0.2) is 36.3 Å². The molecule has 0 bridgehead atoms. The first kappa shape index (κ1) is 14.2. The van der Waals surface area contributed by atoms with Crippen molar-refractivity contribution in [3.8, 4) is 0 Å². The minimum absolute atomic E-state index is 0.166. The van der Waals surface area contributed by atoms with Crippen LogP contribution >= 0.6 is 22.6 Å². The number of nitrogens with one attached hydrogen (secondary N) is 1. The molecular weight excluding hydrogens is 341 g/mol. The third kappa shape index (κ3) is 4.20. The van der Waals surface area contributed by atoms with Crippen LogP contribution in [0.5, 0.6) is 0 Å². The maximum absolute atomic E-state index is 11.7.